The highest BCUT2D eigenvalue weighted by Gasteiger charge is 2.17. The van der Waals surface area contributed by atoms with Gasteiger partial charge in [0.2, 0.25) is 5.91 Å². The van der Waals surface area contributed by atoms with Gasteiger partial charge in [0.05, 0.1) is 16.2 Å². The van der Waals surface area contributed by atoms with Gasteiger partial charge in [-0.2, -0.15) is 0 Å². The van der Waals surface area contributed by atoms with Gasteiger partial charge in [-0.15, -0.1) is 0 Å². The van der Waals surface area contributed by atoms with Crippen molar-refractivity contribution < 1.29 is 9.72 Å². The minimum absolute atomic E-state index is 0.00366. The Morgan fingerprint density at radius 2 is 2.04 bits per heavy atom. The fourth-order valence-corrected chi connectivity index (χ4v) is 3.32. The van der Waals surface area contributed by atoms with E-state index in [1.54, 1.807) is 0 Å². The summed E-state index contributed by atoms with van der Waals surface area (Å²) in [6.07, 6.45) is 0. The highest BCUT2D eigenvalue weighted by atomic mass is 35.5. The summed E-state index contributed by atoms with van der Waals surface area (Å²) in [7, 11) is 0. The maximum absolute atomic E-state index is 12.3. The van der Waals surface area contributed by atoms with Crippen molar-refractivity contribution in [3.63, 3.8) is 0 Å². The van der Waals surface area contributed by atoms with Crippen molar-refractivity contribution in [1.29, 1.82) is 0 Å². The van der Waals surface area contributed by atoms with Gasteiger partial charge in [0, 0.05) is 23.0 Å². The van der Waals surface area contributed by atoms with Crippen molar-refractivity contribution in [3.05, 3.63) is 57.6 Å². The molecular formula is C18H16ClN5O3S. The van der Waals surface area contributed by atoms with Gasteiger partial charge in [-0.05, 0) is 31.2 Å². The van der Waals surface area contributed by atoms with E-state index >= 15 is 0 Å². The highest BCUT2D eigenvalue weighted by Crippen LogP contribution is 2.28. The Kier molecular flexibility index (Phi) is 6.27. The first-order valence-corrected chi connectivity index (χ1v) is 9.71. The third kappa shape index (κ3) is 4.68. The number of thioether (sulfide) groups is 1. The number of anilines is 2. The van der Waals surface area contributed by atoms with Gasteiger partial charge in [0.25, 0.3) is 5.69 Å². The van der Waals surface area contributed by atoms with Crippen LogP contribution in [0.15, 0.2) is 47.6 Å². The maximum atomic E-state index is 12.3. The second-order valence-electron chi connectivity index (χ2n) is 5.66. The van der Waals surface area contributed by atoms with Gasteiger partial charge in [-0.1, -0.05) is 35.5 Å². The number of hydrogen-bond donors (Lipinski definition) is 2. The molecule has 8 nitrogen and oxygen atoms in total. The topological polar surface area (TPSA) is 110 Å². The summed E-state index contributed by atoms with van der Waals surface area (Å²) in [5.41, 5.74) is 0.597. The summed E-state index contributed by atoms with van der Waals surface area (Å²) in [5.74, 6) is 0.297. The molecule has 0 bridgehead atoms. The van der Waals surface area contributed by atoms with E-state index in [1.807, 2.05) is 31.2 Å². The molecule has 0 aliphatic rings. The zero-order valence-corrected chi connectivity index (χ0v) is 16.4. The molecule has 0 unspecified atom stereocenters. The molecule has 0 aliphatic heterocycles. The standard InChI is InChI=1S/C18H16ClN5O3S/c1-2-20-17-12-5-3-4-6-13(12)22-18(23-17)28-10-16(25)21-14-8-7-11(19)9-15(14)24(26)27/h3-9H,2,10H2,1H3,(H,21,25)(H,20,22,23). The van der Waals surface area contributed by atoms with Crippen molar-refractivity contribution in [2.75, 3.05) is 22.9 Å². The lowest BCUT2D eigenvalue weighted by Crippen LogP contribution is -2.15. The zero-order chi connectivity index (χ0) is 20.1. The number of nitrogens with one attached hydrogen (secondary N) is 2. The van der Waals surface area contributed by atoms with Crippen LogP contribution < -0.4 is 10.6 Å². The molecule has 0 radical (unpaired) electrons. The first-order valence-electron chi connectivity index (χ1n) is 8.35. The Morgan fingerprint density at radius 3 is 2.79 bits per heavy atom. The van der Waals surface area contributed by atoms with Crippen molar-refractivity contribution in [2.45, 2.75) is 12.1 Å². The summed E-state index contributed by atoms with van der Waals surface area (Å²) < 4.78 is 0. The monoisotopic (exact) mass is 417 g/mol. The number of nitrogens with zero attached hydrogens (tertiary/aromatic N) is 3. The van der Waals surface area contributed by atoms with Gasteiger partial charge < -0.3 is 10.6 Å². The number of amides is 1. The summed E-state index contributed by atoms with van der Waals surface area (Å²) in [6.45, 7) is 2.67. The number of nitro benzene ring substituents is 1. The van der Waals surface area contributed by atoms with E-state index in [-0.39, 0.29) is 22.2 Å². The van der Waals surface area contributed by atoms with E-state index in [9.17, 15) is 14.9 Å². The fraction of sp³-hybridized carbons (Fsp3) is 0.167. The lowest BCUT2D eigenvalue weighted by atomic mass is 10.2. The molecule has 1 heterocycles. The second kappa shape index (κ2) is 8.85. The molecule has 0 aliphatic carbocycles. The van der Waals surface area contributed by atoms with E-state index in [4.69, 9.17) is 11.6 Å². The molecule has 28 heavy (non-hydrogen) atoms. The minimum atomic E-state index is -0.593. The highest BCUT2D eigenvalue weighted by molar-refractivity contribution is 7.99. The molecule has 0 atom stereocenters. The Bertz CT molecular complexity index is 1050. The minimum Gasteiger partial charge on any atom is -0.370 e. The zero-order valence-electron chi connectivity index (χ0n) is 14.8. The number of halogens is 1. The molecule has 3 rings (SSSR count). The van der Waals surface area contributed by atoms with Gasteiger partial charge >= 0.3 is 0 Å². The van der Waals surface area contributed by atoms with Gasteiger partial charge in [-0.25, -0.2) is 9.97 Å². The lowest BCUT2D eigenvalue weighted by molar-refractivity contribution is -0.383. The second-order valence-corrected chi connectivity index (χ2v) is 7.04. The molecular weight excluding hydrogens is 402 g/mol. The molecule has 0 spiro atoms. The Balaban J connectivity index is 1.74. The van der Waals surface area contributed by atoms with Crippen LogP contribution in [0.4, 0.5) is 17.2 Å². The third-order valence-electron chi connectivity index (χ3n) is 3.69. The number of hydrogen-bond acceptors (Lipinski definition) is 7. The van der Waals surface area contributed by atoms with Crippen LogP contribution in [0.1, 0.15) is 6.92 Å². The molecule has 3 aromatic rings. The van der Waals surface area contributed by atoms with E-state index in [0.29, 0.717) is 17.5 Å². The van der Waals surface area contributed by atoms with Gasteiger partial charge in [-0.3, -0.25) is 14.9 Å². The number of para-hydroxylation sites is 1. The predicted molar refractivity (Wildman–Crippen MR) is 111 cm³/mol. The number of carbonyl (C=O) groups excluding carboxylic acids is 1. The predicted octanol–water partition coefficient (Wildman–Crippen LogP) is 4.35. The van der Waals surface area contributed by atoms with Crippen LogP contribution >= 0.6 is 23.4 Å². The average molecular weight is 418 g/mol. The molecule has 10 heteroatoms. The summed E-state index contributed by atoms with van der Waals surface area (Å²) in [4.78, 5) is 31.7. The molecule has 2 aromatic carbocycles. The quantitative estimate of drug-likeness (QED) is 0.254. The van der Waals surface area contributed by atoms with E-state index in [1.165, 1.54) is 18.2 Å². The first-order chi connectivity index (χ1) is 13.5. The molecule has 0 saturated carbocycles. The van der Waals surface area contributed by atoms with Crippen molar-refractivity contribution >= 4 is 57.4 Å². The van der Waals surface area contributed by atoms with Crippen molar-refractivity contribution in [3.8, 4) is 0 Å². The largest absolute Gasteiger partial charge is 0.370 e. The third-order valence-corrected chi connectivity index (χ3v) is 4.77. The van der Waals surface area contributed by atoms with Crippen LogP contribution in [-0.4, -0.2) is 33.1 Å². The van der Waals surface area contributed by atoms with Crippen LogP contribution in [-0.2, 0) is 4.79 Å². The Morgan fingerprint density at radius 1 is 1.25 bits per heavy atom. The SMILES string of the molecule is CCNc1nc(SCC(=O)Nc2ccc(Cl)cc2[N+](=O)[O-])nc2ccccc12. The fourth-order valence-electron chi connectivity index (χ4n) is 2.50. The number of benzene rings is 2. The van der Waals surface area contributed by atoms with E-state index in [0.717, 1.165) is 22.7 Å². The number of fused-ring (bicyclic) bond motifs is 1. The van der Waals surface area contributed by atoms with Crippen LogP contribution in [0, 0.1) is 10.1 Å². The van der Waals surface area contributed by atoms with Gasteiger partial charge in [0.15, 0.2) is 5.16 Å². The number of nitro groups is 1. The van der Waals surface area contributed by atoms with E-state index < -0.39 is 10.8 Å². The van der Waals surface area contributed by atoms with Crippen LogP contribution in [0.5, 0.6) is 0 Å². The average Bonchev–Trinajstić information content (AvgIpc) is 2.68. The molecule has 144 valence electrons. The Labute approximate surface area is 169 Å². The number of carbonyl (C=O) groups is 1. The normalized spacial score (nSPS) is 10.6. The molecule has 1 amide bonds. The first kappa shape index (κ1) is 19.8. The summed E-state index contributed by atoms with van der Waals surface area (Å²) >= 11 is 6.93. The van der Waals surface area contributed by atoms with Crippen molar-refractivity contribution in [1.82, 2.24) is 9.97 Å². The number of rotatable bonds is 7. The van der Waals surface area contributed by atoms with E-state index in [2.05, 4.69) is 20.6 Å². The van der Waals surface area contributed by atoms with Crippen LogP contribution in [0.3, 0.4) is 0 Å². The molecule has 0 fully saturated rings. The summed E-state index contributed by atoms with van der Waals surface area (Å²) in [5, 5.41) is 18.4. The lowest BCUT2D eigenvalue weighted by Gasteiger charge is -2.09. The maximum Gasteiger partial charge on any atom is 0.294 e. The summed E-state index contributed by atoms with van der Waals surface area (Å²) in [6, 6.07) is 11.7. The Hall–Kier alpha value is -2.91. The number of aromatic nitrogens is 2. The van der Waals surface area contributed by atoms with Crippen LogP contribution in [0.2, 0.25) is 5.02 Å². The molecule has 0 saturated heterocycles. The van der Waals surface area contributed by atoms with Crippen LogP contribution in [0.25, 0.3) is 10.9 Å². The smallest absolute Gasteiger partial charge is 0.294 e. The van der Waals surface area contributed by atoms with Crippen molar-refractivity contribution in [2.24, 2.45) is 0 Å². The van der Waals surface area contributed by atoms with Gasteiger partial charge in [0.1, 0.15) is 11.5 Å². The molecule has 2 N–H and O–H groups in total. The molecule has 1 aromatic heterocycles.